The zero-order valence-corrected chi connectivity index (χ0v) is 14.0. The smallest absolute Gasteiger partial charge is 0.344 e. The Hall–Kier alpha value is -2.67. The van der Waals surface area contributed by atoms with Crippen molar-refractivity contribution in [3.05, 3.63) is 65.7 Å². The van der Waals surface area contributed by atoms with E-state index < -0.39 is 11.6 Å². The summed E-state index contributed by atoms with van der Waals surface area (Å²) < 4.78 is 32.1. The van der Waals surface area contributed by atoms with Crippen LogP contribution in [0.4, 0.5) is 13.6 Å². The van der Waals surface area contributed by atoms with Crippen LogP contribution in [-0.2, 0) is 4.84 Å². The molecule has 0 saturated carbocycles. The molecule has 2 heterocycles. The van der Waals surface area contributed by atoms with Gasteiger partial charge in [0.05, 0.1) is 25.7 Å². The summed E-state index contributed by atoms with van der Waals surface area (Å²) in [7, 11) is 0. The second-order valence-electron chi connectivity index (χ2n) is 6.38. The molecule has 2 aromatic rings. The zero-order valence-electron chi connectivity index (χ0n) is 14.0. The van der Waals surface area contributed by atoms with Crippen LogP contribution in [0.3, 0.4) is 0 Å². The van der Waals surface area contributed by atoms with E-state index in [9.17, 15) is 13.6 Å². The number of halogens is 2. The maximum atomic E-state index is 13.6. The van der Waals surface area contributed by atoms with Crippen molar-refractivity contribution < 1.29 is 23.1 Å². The molecule has 4 rings (SSSR count). The highest BCUT2D eigenvalue weighted by Gasteiger charge is 2.40. The maximum absolute atomic E-state index is 13.6. The van der Waals surface area contributed by atoms with Crippen molar-refractivity contribution in [2.75, 3.05) is 19.7 Å². The number of rotatable bonds is 3. The lowest BCUT2D eigenvalue weighted by Gasteiger charge is -2.41. The second-order valence-corrected chi connectivity index (χ2v) is 6.38. The van der Waals surface area contributed by atoms with Crippen molar-refractivity contribution in [3.8, 4) is 5.75 Å². The Morgan fingerprint density at radius 3 is 2.62 bits per heavy atom. The molecule has 5 nitrogen and oxygen atoms in total. The molecule has 7 heteroatoms. The molecule has 26 heavy (non-hydrogen) atoms. The molecular weight excluding hydrogens is 342 g/mol. The van der Waals surface area contributed by atoms with Gasteiger partial charge >= 0.3 is 6.03 Å². The quantitative estimate of drug-likeness (QED) is 0.841. The fraction of sp³-hybridized carbons (Fsp3) is 0.316. The maximum Gasteiger partial charge on any atom is 0.344 e. The standard InChI is InChI=1S/C19H18F2N2O3/c20-14-6-7-18(16(21)10-14)26-15-11-22(12-15)19(24)23-17(8-9-25-23)13-4-2-1-3-5-13/h1-7,10,15,17H,8-9,11-12H2. The average molecular weight is 360 g/mol. The minimum absolute atomic E-state index is 0.0110. The van der Waals surface area contributed by atoms with E-state index in [0.29, 0.717) is 19.7 Å². The molecule has 0 N–H and O–H groups in total. The summed E-state index contributed by atoms with van der Waals surface area (Å²) in [5, 5.41) is 1.41. The Labute approximate surface area is 149 Å². The van der Waals surface area contributed by atoms with Crippen LogP contribution in [-0.4, -0.2) is 41.8 Å². The summed E-state index contributed by atoms with van der Waals surface area (Å²) in [4.78, 5) is 19.8. The van der Waals surface area contributed by atoms with Crippen LogP contribution in [0.25, 0.3) is 0 Å². The Balaban J connectivity index is 1.35. The van der Waals surface area contributed by atoms with Gasteiger partial charge in [0.15, 0.2) is 11.6 Å². The lowest BCUT2D eigenvalue weighted by Crippen LogP contribution is -2.59. The van der Waals surface area contributed by atoms with E-state index in [1.165, 1.54) is 11.1 Å². The molecule has 2 aromatic carbocycles. The van der Waals surface area contributed by atoms with E-state index >= 15 is 0 Å². The van der Waals surface area contributed by atoms with Crippen molar-refractivity contribution in [3.63, 3.8) is 0 Å². The van der Waals surface area contributed by atoms with Gasteiger partial charge in [-0.1, -0.05) is 30.3 Å². The Kier molecular flexibility index (Phi) is 4.46. The number of hydroxylamine groups is 2. The fourth-order valence-corrected chi connectivity index (χ4v) is 3.19. The van der Waals surface area contributed by atoms with Gasteiger partial charge in [0.2, 0.25) is 0 Å². The van der Waals surface area contributed by atoms with Gasteiger partial charge in [0.25, 0.3) is 0 Å². The van der Waals surface area contributed by atoms with E-state index in [1.807, 2.05) is 30.3 Å². The number of nitrogens with zero attached hydrogens (tertiary/aromatic N) is 2. The second kappa shape index (κ2) is 6.92. The summed E-state index contributed by atoms with van der Waals surface area (Å²) in [5.41, 5.74) is 1.03. The molecule has 1 atom stereocenters. The molecule has 0 radical (unpaired) electrons. The highest BCUT2D eigenvalue weighted by Crippen LogP contribution is 2.32. The van der Waals surface area contributed by atoms with Gasteiger partial charge in [-0.05, 0) is 17.7 Å². The number of hydrogen-bond donors (Lipinski definition) is 0. The summed E-state index contributed by atoms with van der Waals surface area (Å²) >= 11 is 0. The molecule has 0 bridgehead atoms. The number of ether oxygens (including phenoxy) is 1. The molecule has 2 fully saturated rings. The van der Waals surface area contributed by atoms with Gasteiger partial charge in [-0.15, -0.1) is 0 Å². The van der Waals surface area contributed by atoms with Crippen LogP contribution >= 0.6 is 0 Å². The van der Waals surface area contributed by atoms with Crippen LogP contribution in [0, 0.1) is 11.6 Å². The summed E-state index contributed by atoms with van der Waals surface area (Å²) in [6, 6.07) is 12.6. The number of benzene rings is 2. The highest BCUT2D eigenvalue weighted by atomic mass is 19.1. The van der Waals surface area contributed by atoms with Gasteiger partial charge in [-0.25, -0.2) is 13.6 Å². The van der Waals surface area contributed by atoms with Crippen molar-refractivity contribution in [1.29, 1.82) is 0 Å². The van der Waals surface area contributed by atoms with Gasteiger partial charge in [-0.3, -0.25) is 4.84 Å². The zero-order chi connectivity index (χ0) is 18.1. The highest BCUT2D eigenvalue weighted by molar-refractivity contribution is 5.75. The number of hydrogen-bond acceptors (Lipinski definition) is 3. The molecule has 136 valence electrons. The van der Waals surface area contributed by atoms with Crippen molar-refractivity contribution >= 4 is 6.03 Å². The number of carbonyl (C=O) groups is 1. The molecule has 2 saturated heterocycles. The van der Waals surface area contributed by atoms with Crippen molar-refractivity contribution in [1.82, 2.24) is 9.96 Å². The molecular formula is C19H18F2N2O3. The summed E-state index contributed by atoms with van der Waals surface area (Å²) in [6.07, 6.45) is 0.418. The largest absolute Gasteiger partial charge is 0.484 e. The third-order valence-corrected chi connectivity index (χ3v) is 4.58. The molecule has 2 aliphatic rings. The first kappa shape index (κ1) is 16.8. The van der Waals surface area contributed by atoms with E-state index in [1.54, 1.807) is 4.90 Å². The van der Waals surface area contributed by atoms with Crippen LogP contribution in [0.5, 0.6) is 5.75 Å². The minimum Gasteiger partial charge on any atom is -0.484 e. The molecule has 0 spiro atoms. The molecule has 0 aliphatic carbocycles. The summed E-state index contributed by atoms with van der Waals surface area (Å²) in [5.74, 6) is -1.41. The van der Waals surface area contributed by atoms with E-state index in [4.69, 9.17) is 9.57 Å². The first-order chi connectivity index (χ1) is 12.6. The summed E-state index contributed by atoms with van der Waals surface area (Å²) in [6.45, 7) is 1.15. The van der Waals surface area contributed by atoms with Crippen LogP contribution < -0.4 is 4.74 Å². The van der Waals surface area contributed by atoms with Gasteiger partial charge in [-0.2, -0.15) is 5.06 Å². The van der Waals surface area contributed by atoms with E-state index in [0.717, 1.165) is 24.1 Å². The SMILES string of the molecule is O=C(N1CC(Oc2ccc(F)cc2F)C1)N1OCCC1c1ccccc1. The average Bonchev–Trinajstić information content (AvgIpc) is 3.09. The van der Waals surface area contributed by atoms with E-state index in [-0.39, 0.29) is 23.9 Å². The van der Waals surface area contributed by atoms with E-state index in [2.05, 4.69) is 0 Å². The Bertz CT molecular complexity index is 797. The van der Waals surface area contributed by atoms with Crippen molar-refractivity contribution in [2.24, 2.45) is 0 Å². The monoisotopic (exact) mass is 360 g/mol. The van der Waals surface area contributed by atoms with Crippen LogP contribution in [0.15, 0.2) is 48.5 Å². The Morgan fingerprint density at radius 2 is 1.88 bits per heavy atom. The minimum atomic E-state index is -0.748. The number of likely N-dealkylation sites (tertiary alicyclic amines) is 1. The first-order valence-electron chi connectivity index (χ1n) is 8.49. The fourth-order valence-electron chi connectivity index (χ4n) is 3.19. The predicted molar refractivity (Wildman–Crippen MR) is 89.3 cm³/mol. The van der Waals surface area contributed by atoms with Crippen LogP contribution in [0.1, 0.15) is 18.0 Å². The predicted octanol–water partition coefficient (Wildman–Crippen LogP) is 3.53. The third-order valence-electron chi connectivity index (χ3n) is 4.58. The molecule has 0 aromatic heterocycles. The lowest BCUT2D eigenvalue weighted by atomic mass is 10.0. The molecule has 2 aliphatic heterocycles. The lowest BCUT2D eigenvalue weighted by molar-refractivity contribution is -0.109. The van der Waals surface area contributed by atoms with Crippen molar-refractivity contribution in [2.45, 2.75) is 18.6 Å². The topological polar surface area (TPSA) is 42.0 Å². The molecule has 2 amide bonds. The normalized spacial score (nSPS) is 20.2. The van der Waals surface area contributed by atoms with Crippen LogP contribution in [0.2, 0.25) is 0 Å². The third kappa shape index (κ3) is 3.22. The first-order valence-corrected chi connectivity index (χ1v) is 8.49. The Morgan fingerprint density at radius 1 is 1.12 bits per heavy atom. The number of urea groups is 1. The molecule has 1 unspecified atom stereocenters. The van der Waals surface area contributed by atoms with Gasteiger partial charge < -0.3 is 9.64 Å². The van der Waals surface area contributed by atoms with Gasteiger partial charge in [0.1, 0.15) is 11.9 Å². The number of amides is 2. The number of carbonyl (C=O) groups excluding carboxylic acids is 1. The van der Waals surface area contributed by atoms with Gasteiger partial charge in [0, 0.05) is 12.5 Å².